The Balaban J connectivity index is 1.60. The monoisotopic (exact) mass is 490 g/mol. The van der Waals surface area contributed by atoms with E-state index in [-0.39, 0.29) is 30.7 Å². The zero-order valence-electron chi connectivity index (χ0n) is 16.2. The van der Waals surface area contributed by atoms with Gasteiger partial charge in [-0.2, -0.15) is 0 Å². The Morgan fingerprint density at radius 1 is 1.10 bits per heavy atom. The quantitative estimate of drug-likeness (QED) is 0.627. The van der Waals surface area contributed by atoms with E-state index in [0.717, 1.165) is 0 Å². The van der Waals surface area contributed by atoms with Gasteiger partial charge in [-0.1, -0.05) is 40.9 Å². The molecule has 1 N–H and O–H groups in total. The molecule has 6 nitrogen and oxygen atoms in total. The van der Waals surface area contributed by atoms with Gasteiger partial charge < -0.3 is 10.1 Å². The third-order valence-corrected chi connectivity index (χ3v) is 7.79. The van der Waals surface area contributed by atoms with E-state index in [4.69, 9.17) is 39.5 Å². The third kappa shape index (κ3) is 5.59. The highest BCUT2D eigenvalue weighted by molar-refractivity contribution is 7.88. The van der Waals surface area contributed by atoms with Crippen LogP contribution in [-0.2, 0) is 20.6 Å². The van der Waals surface area contributed by atoms with E-state index in [2.05, 4.69) is 5.32 Å². The van der Waals surface area contributed by atoms with Gasteiger partial charge in [0.2, 0.25) is 15.9 Å². The molecule has 0 spiro atoms. The smallest absolute Gasteiger partial charge is 0.227 e. The van der Waals surface area contributed by atoms with Gasteiger partial charge in [-0.3, -0.25) is 4.79 Å². The van der Waals surface area contributed by atoms with Crippen molar-refractivity contribution in [1.82, 2.24) is 4.31 Å². The largest absolute Gasteiger partial charge is 0.495 e. The highest BCUT2D eigenvalue weighted by Gasteiger charge is 2.31. The highest BCUT2D eigenvalue weighted by atomic mass is 35.5. The van der Waals surface area contributed by atoms with Crippen LogP contribution in [0.3, 0.4) is 0 Å². The second kappa shape index (κ2) is 9.75. The molecule has 1 saturated heterocycles. The topological polar surface area (TPSA) is 75.7 Å². The summed E-state index contributed by atoms with van der Waals surface area (Å²) in [5, 5.41) is 4.01. The Labute approximate surface area is 191 Å². The van der Waals surface area contributed by atoms with E-state index in [1.807, 2.05) is 0 Å². The molecule has 3 rings (SSSR count). The first-order valence-corrected chi connectivity index (χ1v) is 12.0. The predicted molar refractivity (Wildman–Crippen MR) is 120 cm³/mol. The lowest BCUT2D eigenvalue weighted by atomic mass is 9.97. The van der Waals surface area contributed by atoms with Crippen molar-refractivity contribution in [2.75, 3.05) is 25.5 Å². The van der Waals surface area contributed by atoms with E-state index >= 15 is 0 Å². The van der Waals surface area contributed by atoms with Crippen LogP contribution >= 0.6 is 34.8 Å². The Morgan fingerprint density at radius 3 is 2.43 bits per heavy atom. The van der Waals surface area contributed by atoms with Crippen LogP contribution in [0.4, 0.5) is 5.69 Å². The zero-order valence-corrected chi connectivity index (χ0v) is 19.3. The van der Waals surface area contributed by atoms with Gasteiger partial charge >= 0.3 is 0 Å². The third-order valence-electron chi connectivity index (χ3n) is 4.97. The maximum Gasteiger partial charge on any atom is 0.227 e. The number of ether oxygens (including phenoxy) is 1. The van der Waals surface area contributed by atoms with Gasteiger partial charge in [0.1, 0.15) is 5.75 Å². The normalized spacial score (nSPS) is 15.7. The van der Waals surface area contributed by atoms with Gasteiger partial charge in [-0.05, 0) is 48.7 Å². The summed E-state index contributed by atoms with van der Waals surface area (Å²) < 4.78 is 32.2. The second-order valence-corrected chi connectivity index (χ2v) is 10.2. The van der Waals surface area contributed by atoms with Crippen LogP contribution in [0.1, 0.15) is 18.4 Å². The molecule has 2 aromatic carbocycles. The minimum atomic E-state index is -3.53. The molecule has 0 aromatic heterocycles. The first-order chi connectivity index (χ1) is 14.2. The lowest BCUT2D eigenvalue weighted by Crippen LogP contribution is -2.41. The number of halogens is 3. The molecular weight excluding hydrogens is 471 g/mol. The van der Waals surface area contributed by atoms with Crippen molar-refractivity contribution in [2.24, 2.45) is 5.92 Å². The van der Waals surface area contributed by atoms with Gasteiger partial charge in [0.15, 0.2) is 0 Å². The minimum Gasteiger partial charge on any atom is -0.495 e. The highest BCUT2D eigenvalue weighted by Crippen LogP contribution is 2.30. The summed E-state index contributed by atoms with van der Waals surface area (Å²) in [6.45, 7) is 0.544. The first-order valence-electron chi connectivity index (χ1n) is 9.26. The number of amides is 1. The molecule has 0 bridgehead atoms. The number of nitrogens with one attached hydrogen (secondary N) is 1. The molecule has 1 fully saturated rings. The number of methoxy groups -OCH3 is 1. The molecule has 1 aliphatic rings. The van der Waals surface area contributed by atoms with Crippen LogP contribution in [0.5, 0.6) is 5.75 Å². The van der Waals surface area contributed by atoms with E-state index < -0.39 is 10.0 Å². The zero-order chi connectivity index (χ0) is 21.9. The molecule has 1 aliphatic heterocycles. The van der Waals surface area contributed by atoms with E-state index in [1.54, 1.807) is 36.4 Å². The molecule has 0 atom stereocenters. The Bertz CT molecular complexity index is 1040. The summed E-state index contributed by atoms with van der Waals surface area (Å²) >= 11 is 17.9. The van der Waals surface area contributed by atoms with Crippen LogP contribution in [-0.4, -0.2) is 38.8 Å². The molecule has 0 unspecified atom stereocenters. The molecule has 0 saturated carbocycles. The average molecular weight is 492 g/mol. The molecule has 2 aromatic rings. The number of hydrogen-bond donors (Lipinski definition) is 1. The maximum atomic E-state index is 12.8. The number of rotatable bonds is 6. The Morgan fingerprint density at radius 2 is 1.80 bits per heavy atom. The van der Waals surface area contributed by atoms with Crippen molar-refractivity contribution in [3.8, 4) is 5.75 Å². The summed E-state index contributed by atoms with van der Waals surface area (Å²) in [7, 11) is -2.02. The van der Waals surface area contributed by atoms with E-state index in [1.165, 1.54) is 11.4 Å². The van der Waals surface area contributed by atoms with Crippen LogP contribution < -0.4 is 10.1 Å². The molecule has 162 valence electrons. The average Bonchev–Trinajstić information content (AvgIpc) is 2.71. The van der Waals surface area contributed by atoms with Crippen molar-refractivity contribution < 1.29 is 17.9 Å². The summed E-state index contributed by atoms with van der Waals surface area (Å²) in [5.41, 5.74) is 1.06. The van der Waals surface area contributed by atoms with Crippen LogP contribution in [0.2, 0.25) is 15.1 Å². The van der Waals surface area contributed by atoms with Gasteiger partial charge in [0.05, 0.1) is 28.6 Å². The molecule has 1 amide bonds. The number of anilines is 1. The summed E-state index contributed by atoms with van der Waals surface area (Å²) in [5.74, 6) is -0.142. The van der Waals surface area contributed by atoms with Crippen molar-refractivity contribution in [3.05, 3.63) is 57.0 Å². The molecule has 10 heteroatoms. The second-order valence-electron chi connectivity index (χ2n) is 7.01. The summed E-state index contributed by atoms with van der Waals surface area (Å²) in [6, 6.07) is 9.75. The fourth-order valence-corrected chi connectivity index (χ4v) is 5.38. The first kappa shape index (κ1) is 23.2. The fraction of sp³-hybridized carbons (Fsp3) is 0.350. The molecule has 0 aliphatic carbocycles. The number of carbonyl (C=O) groups is 1. The molecule has 30 heavy (non-hydrogen) atoms. The fourth-order valence-electron chi connectivity index (χ4n) is 3.34. The number of nitrogens with zero attached hydrogens (tertiary/aromatic N) is 1. The SMILES string of the molecule is COc1ccc(Cl)cc1NC(=O)C1CCN(S(=O)(=O)Cc2ccc(Cl)c(Cl)c2)CC1. The van der Waals surface area contributed by atoms with E-state index in [9.17, 15) is 13.2 Å². The molecule has 1 heterocycles. The van der Waals surface area contributed by atoms with Crippen molar-refractivity contribution in [1.29, 1.82) is 0 Å². The number of piperidine rings is 1. The lowest BCUT2D eigenvalue weighted by molar-refractivity contribution is -0.120. The van der Waals surface area contributed by atoms with Crippen LogP contribution in [0.25, 0.3) is 0 Å². The van der Waals surface area contributed by atoms with Gasteiger partial charge in [0.25, 0.3) is 0 Å². The Hall–Kier alpha value is -1.51. The summed E-state index contributed by atoms with van der Waals surface area (Å²) in [6.07, 6.45) is 0.852. The number of hydrogen-bond acceptors (Lipinski definition) is 4. The maximum absolute atomic E-state index is 12.8. The molecule has 0 radical (unpaired) electrons. The summed E-state index contributed by atoms with van der Waals surface area (Å²) in [4.78, 5) is 12.7. The van der Waals surface area contributed by atoms with Crippen LogP contribution in [0.15, 0.2) is 36.4 Å². The number of sulfonamides is 1. The standard InChI is InChI=1S/C20H21Cl3N2O4S/c1-29-19-5-3-15(21)11-18(19)24-20(26)14-6-8-25(9-7-14)30(27,28)12-13-2-4-16(22)17(23)10-13/h2-5,10-11,14H,6-9,12H2,1H3,(H,24,26). The van der Waals surface area contributed by atoms with Crippen molar-refractivity contribution >= 4 is 56.4 Å². The number of carbonyl (C=O) groups excluding carboxylic acids is 1. The van der Waals surface area contributed by atoms with Crippen molar-refractivity contribution in [3.63, 3.8) is 0 Å². The lowest BCUT2D eigenvalue weighted by Gasteiger charge is -2.30. The molecular formula is C20H21Cl3N2O4S. The van der Waals surface area contributed by atoms with Gasteiger partial charge in [0, 0.05) is 24.0 Å². The van der Waals surface area contributed by atoms with E-state index in [0.29, 0.717) is 44.9 Å². The van der Waals surface area contributed by atoms with Crippen LogP contribution in [0, 0.1) is 5.92 Å². The Kier molecular flexibility index (Phi) is 7.52. The minimum absolute atomic E-state index is 0.166. The number of benzene rings is 2. The predicted octanol–water partition coefficient (Wildman–Crippen LogP) is 4.84. The van der Waals surface area contributed by atoms with Gasteiger partial charge in [-0.25, -0.2) is 12.7 Å². The van der Waals surface area contributed by atoms with Gasteiger partial charge in [-0.15, -0.1) is 0 Å². The van der Waals surface area contributed by atoms with Crippen molar-refractivity contribution in [2.45, 2.75) is 18.6 Å².